The van der Waals surface area contributed by atoms with Gasteiger partial charge in [0, 0.05) is 31.2 Å². The van der Waals surface area contributed by atoms with Gasteiger partial charge in [-0.2, -0.15) is 0 Å². The van der Waals surface area contributed by atoms with Gasteiger partial charge in [0.1, 0.15) is 11.6 Å². The first-order valence-electron chi connectivity index (χ1n) is 6.88. The highest BCUT2D eigenvalue weighted by atomic mass is 19.1. The van der Waals surface area contributed by atoms with E-state index < -0.39 is 5.82 Å². The zero-order valence-electron chi connectivity index (χ0n) is 11.8. The Hall–Kier alpha value is -2.37. The van der Waals surface area contributed by atoms with Crippen molar-refractivity contribution in [1.82, 2.24) is 14.5 Å². The number of benzene rings is 1. The monoisotopic (exact) mass is 288 g/mol. The third-order valence-electron chi connectivity index (χ3n) is 3.73. The van der Waals surface area contributed by atoms with E-state index in [1.54, 1.807) is 11.1 Å². The van der Waals surface area contributed by atoms with E-state index in [-0.39, 0.29) is 17.6 Å². The zero-order chi connectivity index (χ0) is 15.0. The van der Waals surface area contributed by atoms with Gasteiger partial charge in [-0.15, -0.1) is 0 Å². The van der Waals surface area contributed by atoms with Crippen LogP contribution in [0.15, 0.2) is 30.6 Å². The normalized spacial score (nSPS) is 14.2. The van der Waals surface area contributed by atoms with Crippen LogP contribution in [0.25, 0.3) is 0 Å². The Labute approximate surface area is 122 Å². The van der Waals surface area contributed by atoms with Gasteiger partial charge in [-0.05, 0) is 31.0 Å². The Balaban J connectivity index is 1.87. The van der Waals surface area contributed by atoms with E-state index in [9.17, 15) is 9.18 Å². The molecule has 5 nitrogen and oxygen atoms in total. The van der Waals surface area contributed by atoms with Crippen molar-refractivity contribution >= 4 is 11.6 Å². The topological polar surface area (TPSA) is 64.2 Å². The van der Waals surface area contributed by atoms with E-state index in [1.165, 1.54) is 18.2 Å². The van der Waals surface area contributed by atoms with E-state index in [2.05, 4.69) is 4.98 Å². The van der Waals surface area contributed by atoms with E-state index in [0.29, 0.717) is 12.1 Å². The summed E-state index contributed by atoms with van der Waals surface area (Å²) in [5.74, 6) is 0.208. The lowest BCUT2D eigenvalue weighted by atomic mass is 10.1. The molecule has 6 heteroatoms. The molecule has 1 aliphatic carbocycles. The quantitative estimate of drug-likeness (QED) is 0.875. The zero-order valence-corrected chi connectivity index (χ0v) is 11.8. The number of carbonyl (C=O) groups is 1. The number of nitrogens with zero attached hydrogens (tertiary/aromatic N) is 3. The minimum absolute atomic E-state index is 0.169. The SMILES string of the molecule is Cn1ccnc1CN(C(=O)c1ccc(F)cc1N)C1CC1. The van der Waals surface area contributed by atoms with Crippen LogP contribution in [0.3, 0.4) is 0 Å². The molecule has 1 saturated carbocycles. The molecule has 0 unspecified atom stereocenters. The van der Waals surface area contributed by atoms with Gasteiger partial charge in [-0.25, -0.2) is 9.37 Å². The molecule has 0 atom stereocenters. The number of amides is 1. The minimum atomic E-state index is -0.439. The predicted octanol–water partition coefficient (Wildman–Crippen LogP) is 1.95. The average Bonchev–Trinajstić information content (AvgIpc) is 3.19. The molecule has 2 aromatic rings. The molecular formula is C15H17FN4O. The summed E-state index contributed by atoms with van der Waals surface area (Å²) in [6.45, 7) is 0.434. The van der Waals surface area contributed by atoms with E-state index in [1.807, 2.05) is 17.8 Å². The molecule has 0 bridgehead atoms. The van der Waals surface area contributed by atoms with Crippen LogP contribution in [-0.4, -0.2) is 26.4 Å². The summed E-state index contributed by atoms with van der Waals surface area (Å²) in [5, 5.41) is 0. The summed E-state index contributed by atoms with van der Waals surface area (Å²) < 4.78 is 15.0. The molecule has 1 aromatic heterocycles. The number of hydrogen-bond acceptors (Lipinski definition) is 3. The number of nitrogen functional groups attached to an aromatic ring is 1. The molecular weight excluding hydrogens is 271 g/mol. The number of hydrogen-bond donors (Lipinski definition) is 1. The number of rotatable bonds is 4. The second-order valence-electron chi connectivity index (χ2n) is 5.35. The van der Waals surface area contributed by atoms with E-state index >= 15 is 0 Å². The molecule has 3 rings (SSSR count). The molecule has 0 spiro atoms. The molecule has 1 aromatic carbocycles. The maximum Gasteiger partial charge on any atom is 0.256 e. The fourth-order valence-corrected chi connectivity index (χ4v) is 2.34. The standard InChI is InChI=1S/C15H17FN4O/c1-19-7-6-18-14(19)9-20(11-3-4-11)15(21)12-5-2-10(16)8-13(12)17/h2,5-8,11H,3-4,9,17H2,1H3. The molecule has 110 valence electrons. The van der Waals surface area contributed by atoms with Gasteiger partial charge in [-0.1, -0.05) is 0 Å². The Morgan fingerprint density at radius 2 is 2.29 bits per heavy atom. The predicted molar refractivity (Wildman–Crippen MR) is 76.9 cm³/mol. The average molecular weight is 288 g/mol. The van der Waals surface area contributed by atoms with Crippen LogP contribution in [0.2, 0.25) is 0 Å². The summed E-state index contributed by atoms with van der Waals surface area (Å²) in [6, 6.07) is 4.11. The molecule has 0 aliphatic heterocycles. The van der Waals surface area contributed by atoms with Crippen molar-refractivity contribution in [3.8, 4) is 0 Å². The fourth-order valence-electron chi connectivity index (χ4n) is 2.34. The van der Waals surface area contributed by atoms with Gasteiger partial charge in [0.2, 0.25) is 0 Å². The molecule has 1 fully saturated rings. The highest BCUT2D eigenvalue weighted by Gasteiger charge is 2.34. The smallest absolute Gasteiger partial charge is 0.256 e. The van der Waals surface area contributed by atoms with Crippen molar-refractivity contribution in [2.24, 2.45) is 7.05 Å². The molecule has 0 saturated heterocycles. The number of imidazole rings is 1. The summed E-state index contributed by atoms with van der Waals surface area (Å²) in [5.41, 5.74) is 6.29. The van der Waals surface area contributed by atoms with Crippen molar-refractivity contribution in [2.45, 2.75) is 25.4 Å². The van der Waals surface area contributed by atoms with Crippen LogP contribution in [0.1, 0.15) is 29.0 Å². The number of halogens is 1. The molecule has 1 amide bonds. The Bertz CT molecular complexity index is 678. The van der Waals surface area contributed by atoms with Crippen molar-refractivity contribution in [3.05, 3.63) is 47.8 Å². The van der Waals surface area contributed by atoms with Gasteiger partial charge < -0.3 is 15.2 Å². The lowest BCUT2D eigenvalue weighted by Gasteiger charge is -2.23. The van der Waals surface area contributed by atoms with Gasteiger partial charge in [0.25, 0.3) is 5.91 Å². The summed E-state index contributed by atoms with van der Waals surface area (Å²) in [4.78, 5) is 18.7. The lowest BCUT2D eigenvalue weighted by molar-refractivity contribution is 0.0725. The van der Waals surface area contributed by atoms with Crippen LogP contribution in [-0.2, 0) is 13.6 Å². The summed E-state index contributed by atoms with van der Waals surface area (Å²) in [6.07, 6.45) is 5.52. The Kier molecular flexibility index (Phi) is 3.37. The van der Waals surface area contributed by atoms with Crippen LogP contribution in [0, 0.1) is 5.82 Å². The second-order valence-corrected chi connectivity index (χ2v) is 5.35. The highest BCUT2D eigenvalue weighted by Crippen LogP contribution is 2.30. The second kappa shape index (κ2) is 5.20. The van der Waals surface area contributed by atoms with Crippen molar-refractivity contribution in [2.75, 3.05) is 5.73 Å². The molecule has 0 radical (unpaired) electrons. The number of aromatic nitrogens is 2. The first kappa shape index (κ1) is 13.6. The van der Waals surface area contributed by atoms with Gasteiger partial charge in [0.15, 0.2) is 0 Å². The van der Waals surface area contributed by atoms with Gasteiger partial charge >= 0.3 is 0 Å². The largest absolute Gasteiger partial charge is 0.398 e. The van der Waals surface area contributed by atoms with Crippen LogP contribution in [0.4, 0.5) is 10.1 Å². The van der Waals surface area contributed by atoms with Crippen LogP contribution < -0.4 is 5.73 Å². The first-order valence-corrected chi connectivity index (χ1v) is 6.88. The Morgan fingerprint density at radius 3 is 2.86 bits per heavy atom. The Morgan fingerprint density at radius 1 is 1.52 bits per heavy atom. The van der Waals surface area contributed by atoms with Crippen molar-refractivity contribution < 1.29 is 9.18 Å². The summed E-state index contributed by atoms with van der Waals surface area (Å²) in [7, 11) is 1.89. The van der Waals surface area contributed by atoms with Crippen molar-refractivity contribution in [1.29, 1.82) is 0 Å². The minimum Gasteiger partial charge on any atom is -0.398 e. The van der Waals surface area contributed by atoms with E-state index in [0.717, 1.165) is 18.7 Å². The maximum atomic E-state index is 13.1. The van der Waals surface area contributed by atoms with Gasteiger partial charge in [-0.3, -0.25) is 4.79 Å². The summed E-state index contributed by atoms with van der Waals surface area (Å²) >= 11 is 0. The van der Waals surface area contributed by atoms with Crippen LogP contribution >= 0.6 is 0 Å². The number of nitrogens with two attached hydrogens (primary N) is 1. The molecule has 21 heavy (non-hydrogen) atoms. The van der Waals surface area contributed by atoms with Gasteiger partial charge in [0.05, 0.1) is 12.1 Å². The number of anilines is 1. The lowest BCUT2D eigenvalue weighted by Crippen LogP contribution is -2.34. The fraction of sp³-hybridized carbons (Fsp3) is 0.333. The third kappa shape index (κ3) is 2.74. The third-order valence-corrected chi connectivity index (χ3v) is 3.73. The van der Waals surface area contributed by atoms with Crippen LogP contribution in [0.5, 0.6) is 0 Å². The van der Waals surface area contributed by atoms with Crippen molar-refractivity contribution in [3.63, 3.8) is 0 Å². The number of carbonyl (C=O) groups excluding carboxylic acids is 1. The maximum absolute atomic E-state index is 13.1. The molecule has 2 N–H and O–H groups in total. The highest BCUT2D eigenvalue weighted by molar-refractivity contribution is 5.99. The van der Waals surface area contributed by atoms with E-state index in [4.69, 9.17) is 5.73 Å². The number of aryl methyl sites for hydroxylation is 1. The molecule has 1 aliphatic rings. The first-order chi connectivity index (χ1) is 10.1. The molecule has 1 heterocycles.